The van der Waals surface area contributed by atoms with E-state index in [4.69, 9.17) is 14.6 Å². The van der Waals surface area contributed by atoms with Crippen molar-refractivity contribution in [3.8, 4) is 5.75 Å². The van der Waals surface area contributed by atoms with Gasteiger partial charge < -0.3 is 19.9 Å². The molecule has 0 aromatic carbocycles. The minimum absolute atomic E-state index is 0.0689. The second kappa shape index (κ2) is 7.47. The minimum Gasteiger partial charge on any atom is -0.492 e. The second-order valence-electron chi connectivity index (χ2n) is 5.35. The number of nitrogens with zero attached hydrogens (tertiary/aromatic N) is 1. The predicted molar refractivity (Wildman–Crippen MR) is 75.5 cm³/mol. The van der Waals surface area contributed by atoms with Gasteiger partial charge in [-0.25, -0.2) is 9.59 Å². The number of ether oxygens (including phenoxy) is 2. The van der Waals surface area contributed by atoms with E-state index in [1.807, 2.05) is 0 Å². The van der Waals surface area contributed by atoms with Crippen molar-refractivity contribution >= 4 is 12.1 Å². The quantitative estimate of drug-likeness (QED) is 0.780. The number of aromatic nitrogens is 1. The van der Waals surface area contributed by atoms with E-state index in [2.05, 4.69) is 10.3 Å². The average molecular weight is 296 g/mol. The molecule has 1 aromatic rings. The second-order valence-corrected chi connectivity index (χ2v) is 5.35. The van der Waals surface area contributed by atoms with Crippen molar-refractivity contribution in [2.75, 3.05) is 13.2 Å². The van der Waals surface area contributed by atoms with E-state index in [1.54, 1.807) is 20.8 Å². The maximum Gasteiger partial charge on any atom is 0.407 e. The van der Waals surface area contributed by atoms with Crippen molar-refractivity contribution < 1.29 is 24.2 Å². The lowest BCUT2D eigenvalue weighted by Crippen LogP contribution is -2.33. The summed E-state index contributed by atoms with van der Waals surface area (Å²) in [7, 11) is 0. The van der Waals surface area contributed by atoms with E-state index in [9.17, 15) is 9.59 Å². The van der Waals surface area contributed by atoms with Gasteiger partial charge in [0.1, 0.15) is 11.4 Å². The van der Waals surface area contributed by atoms with Gasteiger partial charge in [0.15, 0.2) is 0 Å². The lowest BCUT2D eigenvalue weighted by atomic mass is 10.2. The summed E-state index contributed by atoms with van der Waals surface area (Å²) in [5.74, 6) is -0.674. The highest BCUT2D eigenvalue weighted by Gasteiger charge is 2.15. The molecule has 0 bridgehead atoms. The first-order chi connectivity index (χ1) is 9.78. The molecule has 0 atom stereocenters. The first-order valence-electron chi connectivity index (χ1n) is 6.56. The van der Waals surface area contributed by atoms with E-state index in [1.165, 1.54) is 18.5 Å². The SMILES string of the molecule is CC(C)(C)OC(=O)NCCCOc1cncc(C(=O)O)c1. The molecule has 0 radical (unpaired) electrons. The van der Waals surface area contributed by atoms with Crippen molar-refractivity contribution in [3.63, 3.8) is 0 Å². The molecule has 7 heteroatoms. The number of carboxylic acid groups (broad SMARTS) is 1. The van der Waals surface area contributed by atoms with Crippen LogP contribution in [0.25, 0.3) is 0 Å². The summed E-state index contributed by atoms with van der Waals surface area (Å²) in [6, 6.07) is 1.40. The van der Waals surface area contributed by atoms with Crippen LogP contribution in [0.5, 0.6) is 5.75 Å². The van der Waals surface area contributed by atoms with Crippen LogP contribution < -0.4 is 10.1 Å². The fourth-order valence-electron chi connectivity index (χ4n) is 1.38. The molecule has 0 aliphatic heterocycles. The first kappa shape index (κ1) is 16.7. The number of nitrogens with one attached hydrogen (secondary N) is 1. The van der Waals surface area contributed by atoms with Crippen molar-refractivity contribution in [2.24, 2.45) is 0 Å². The monoisotopic (exact) mass is 296 g/mol. The maximum atomic E-state index is 11.4. The van der Waals surface area contributed by atoms with Gasteiger partial charge in [-0.2, -0.15) is 0 Å². The Balaban J connectivity index is 2.24. The number of hydrogen-bond donors (Lipinski definition) is 2. The van der Waals surface area contributed by atoms with Crippen molar-refractivity contribution in [1.29, 1.82) is 0 Å². The molecule has 0 saturated heterocycles. The highest BCUT2D eigenvalue weighted by molar-refractivity contribution is 5.87. The molecule has 0 saturated carbocycles. The lowest BCUT2D eigenvalue weighted by molar-refractivity contribution is 0.0524. The normalized spacial score (nSPS) is 10.8. The van der Waals surface area contributed by atoms with E-state index < -0.39 is 17.7 Å². The Labute approximate surface area is 123 Å². The molecule has 1 aromatic heterocycles. The third-order valence-corrected chi connectivity index (χ3v) is 2.22. The number of alkyl carbamates (subject to hydrolysis) is 1. The molecule has 116 valence electrons. The maximum absolute atomic E-state index is 11.4. The molecular formula is C14H20N2O5. The molecule has 0 unspecified atom stereocenters. The van der Waals surface area contributed by atoms with Crippen LogP contribution >= 0.6 is 0 Å². The first-order valence-corrected chi connectivity index (χ1v) is 6.56. The zero-order chi connectivity index (χ0) is 15.9. The summed E-state index contributed by atoms with van der Waals surface area (Å²) in [6.45, 7) is 6.11. The molecule has 21 heavy (non-hydrogen) atoms. The van der Waals surface area contributed by atoms with E-state index >= 15 is 0 Å². The van der Waals surface area contributed by atoms with Crippen LogP contribution in [0.2, 0.25) is 0 Å². The van der Waals surface area contributed by atoms with Gasteiger partial charge in [0.05, 0.1) is 18.4 Å². The summed E-state index contributed by atoms with van der Waals surface area (Å²) < 4.78 is 10.4. The third kappa shape index (κ3) is 7.14. The highest BCUT2D eigenvalue weighted by atomic mass is 16.6. The van der Waals surface area contributed by atoms with E-state index in [0.717, 1.165) is 0 Å². The van der Waals surface area contributed by atoms with Crippen LogP contribution in [0.15, 0.2) is 18.5 Å². The largest absolute Gasteiger partial charge is 0.492 e. The Morgan fingerprint density at radius 1 is 1.33 bits per heavy atom. The van der Waals surface area contributed by atoms with Crippen LogP contribution in [0.1, 0.15) is 37.6 Å². The smallest absolute Gasteiger partial charge is 0.407 e. The number of carbonyl (C=O) groups excluding carboxylic acids is 1. The minimum atomic E-state index is -1.06. The standard InChI is InChI=1S/C14H20N2O5/c1-14(2,3)21-13(19)16-5-4-6-20-11-7-10(12(17)18)8-15-9-11/h7-9H,4-6H2,1-3H3,(H,16,19)(H,17,18). The lowest BCUT2D eigenvalue weighted by Gasteiger charge is -2.19. The van der Waals surface area contributed by atoms with E-state index in [0.29, 0.717) is 25.3 Å². The zero-order valence-corrected chi connectivity index (χ0v) is 12.4. The molecule has 1 rings (SSSR count). The predicted octanol–water partition coefficient (Wildman–Crippen LogP) is 2.07. The van der Waals surface area contributed by atoms with Crippen LogP contribution in [0.3, 0.4) is 0 Å². The summed E-state index contributed by atoms with van der Waals surface area (Å²) in [4.78, 5) is 25.9. The Morgan fingerprint density at radius 2 is 2.05 bits per heavy atom. The third-order valence-electron chi connectivity index (χ3n) is 2.22. The zero-order valence-electron chi connectivity index (χ0n) is 12.4. The number of aromatic carboxylic acids is 1. The Hall–Kier alpha value is -2.31. The molecule has 0 fully saturated rings. The molecule has 2 N–H and O–H groups in total. The molecule has 0 aliphatic carbocycles. The van der Waals surface area contributed by atoms with Crippen molar-refractivity contribution in [2.45, 2.75) is 32.8 Å². The fourth-order valence-corrected chi connectivity index (χ4v) is 1.38. The number of carboxylic acids is 1. The summed E-state index contributed by atoms with van der Waals surface area (Å²) >= 11 is 0. The Morgan fingerprint density at radius 3 is 2.67 bits per heavy atom. The molecule has 1 heterocycles. The number of carbonyl (C=O) groups is 2. The Kier molecular flexibility index (Phi) is 5.95. The highest BCUT2D eigenvalue weighted by Crippen LogP contribution is 2.11. The number of amides is 1. The Bertz CT molecular complexity index is 496. The number of rotatable bonds is 6. The van der Waals surface area contributed by atoms with Gasteiger partial charge in [0.25, 0.3) is 0 Å². The topological polar surface area (TPSA) is 97.8 Å². The number of hydrogen-bond acceptors (Lipinski definition) is 5. The van der Waals surface area contributed by atoms with Crippen LogP contribution in [0.4, 0.5) is 4.79 Å². The molecule has 0 aliphatic rings. The molecule has 1 amide bonds. The van der Waals surface area contributed by atoms with Gasteiger partial charge in [-0.05, 0) is 33.3 Å². The van der Waals surface area contributed by atoms with Gasteiger partial charge in [0, 0.05) is 12.7 Å². The number of pyridine rings is 1. The van der Waals surface area contributed by atoms with Crippen molar-refractivity contribution in [1.82, 2.24) is 10.3 Å². The molecular weight excluding hydrogens is 276 g/mol. The summed E-state index contributed by atoms with van der Waals surface area (Å²) in [6.07, 6.45) is 2.78. The summed E-state index contributed by atoms with van der Waals surface area (Å²) in [5, 5.41) is 11.4. The van der Waals surface area contributed by atoms with E-state index in [-0.39, 0.29) is 5.56 Å². The van der Waals surface area contributed by atoms with Crippen molar-refractivity contribution in [3.05, 3.63) is 24.0 Å². The fraction of sp³-hybridized carbons (Fsp3) is 0.500. The van der Waals surface area contributed by atoms with Gasteiger partial charge in [-0.3, -0.25) is 4.98 Å². The van der Waals surface area contributed by atoms with Gasteiger partial charge in [-0.1, -0.05) is 0 Å². The summed E-state index contributed by atoms with van der Waals surface area (Å²) in [5.41, 5.74) is -0.455. The van der Waals surface area contributed by atoms with Gasteiger partial charge >= 0.3 is 12.1 Å². The van der Waals surface area contributed by atoms with Gasteiger partial charge in [0.2, 0.25) is 0 Å². The van der Waals surface area contributed by atoms with Crippen LogP contribution in [0, 0.1) is 0 Å². The average Bonchev–Trinajstić information content (AvgIpc) is 2.36. The molecule has 0 spiro atoms. The van der Waals surface area contributed by atoms with Gasteiger partial charge in [-0.15, -0.1) is 0 Å². The van der Waals surface area contributed by atoms with Crippen LogP contribution in [-0.2, 0) is 4.74 Å². The van der Waals surface area contributed by atoms with Crippen LogP contribution in [-0.4, -0.2) is 40.9 Å². The molecule has 7 nitrogen and oxygen atoms in total.